The molecule has 0 bridgehead atoms. The van der Waals surface area contributed by atoms with Gasteiger partial charge in [-0.15, -0.1) is 0 Å². The van der Waals surface area contributed by atoms with Crippen LogP contribution >= 0.6 is 0 Å². The minimum atomic E-state index is -0.301. The van der Waals surface area contributed by atoms with E-state index in [-0.39, 0.29) is 11.9 Å². The van der Waals surface area contributed by atoms with Gasteiger partial charge in [0.1, 0.15) is 0 Å². The summed E-state index contributed by atoms with van der Waals surface area (Å²) in [6.07, 6.45) is 5.75. The second-order valence-corrected chi connectivity index (χ2v) is 5.68. The summed E-state index contributed by atoms with van der Waals surface area (Å²) in [5, 5.41) is 0. The number of methoxy groups -OCH3 is 1. The summed E-state index contributed by atoms with van der Waals surface area (Å²) in [5.74, 6) is 1.42. The van der Waals surface area contributed by atoms with Gasteiger partial charge in [0.15, 0.2) is 11.6 Å². The van der Waals surface area contributed by atoms with Crippen molar-refractivity contribution in [3.05, 3.63) is 29.6 Å². The molecule has 0 saturated heterocycles. The van der Waals surface area contributed by atoms with E-state index in [1.54, 1.807) is 12.1 Å². The van der Waals surface area contributed by atoms with Crippen LogP contribution in [0.15, 0.2) is 18.2 Å². The smallest absolute Gasteiger partial charge is 0.165 e. The molecule has 0 heterocycles. The third-order valence-electron chi connectivity index (χ3n) is 4.45. The summed E-state index contributed by atoms with van der Waals surface area (Å²) in [6.45, 7) is 2.25. The molecule has 0 radical (unpaired) electrons. The van der Waals surface area contributed by atoms with Crippen LogP contribution in [0.2, 0.25) is 0 Å². The van der Waals surface area contributed by atoms with Crippen LogP contribution < -0.4 is 10.5 Å². The Balaban J connectivity index is 1.95. The number of hydrogen-bond donors (Lipinski definition) is 1. The van der Waals surface area contributed by atoms with Crippen LogP contribution in [0.1, 0.15) is 38.2 Å². The Bertz CT molecular complexity index is 421. The molecule has 2 N–H and O–H groups in total. The predicted octanol–water partition coefficient (Wildman–Crippen LogP) is 3.53. The quantitative estimate of drug-likeness (QED) is 0.884. The lowest BCUT2D eigenvalue weighted by Crippen LogP contribution is -2.31. The fourth-order valence-electron chi connectivity index (χ4n) is 3.15. The van der Waals surface area contributed by atoms with Crippen molar-refractivity contribution in [2.45, 2.75) is 45.1 Å². The number of ether oxygens (including phenoxy) is 1. The number of rotatable bonds is 5. The molecule has 0 aliphatic heterocycles. The molecule has 3 heteroatoms. The van der Waals surface area contributed by atoms with E-state index in [0.29, 0.717) is 11.7 Å². The highest BCUT2D eigenvalue weighted by atomic mass is 19.1. The van der Waals surface area contributed by atoms with Crippen molar-refractivity contribution in [1.29, 1.82) is 0 Å². The van der Waals surface area contributed by atoms with Crippen molar-refractivity contribution in [1.82, 2.24) is 0 Å². The monoisotopic (exact) mass is 265 g/mol. The van der Waals surface area contributed by atoms with Crippen LogP contribution in [0.5, 0.6) is 5.75 Å². The third kappa shape index (κ3) is 3.47. The second kappa shape index (κ2) is 6.38. The van der Waals surface area contributed by atoms with E-state index in [2.05, 4.69) is 6.92 Å². The number of halogens is 1. The van der Waals surface area contributed by atoms with Crippen molar-refractivity contribution in [3.8, 4) is 5.75 Å². The highest BCUT2D eigenvalue weighted by Crippen LogP contribution is 2.35. The van der Waals surface area contributed by atoms with E-state index in [1.807, 2.05) is 6.07 Å². The van der Waals surface area contributed by atoms with Crippen molar-refractivity contribution in [2.24, 2.45) is 17.6 Å². The molecule has 3 atom stereocenters. The maximum atomic E-state index is 13.6. The molecular formula is C16H24FNO. The minimum Gasteiger partial charge on any atom is -0.494 e. The van der Waals surface area contributed by atoms with Gasteiger partial charge in [-0.2, -0.15) is 0 Å². The van der Waals surface area contributed by atoms with Gasteiger partial charge in [0.2, 0.25) is 0 Å². The van der Waals surface area contributed by atoms with E-state index in [9.17, 15) is 4.39 Å². The molecule has 1 aromatic rings. The largest absolute Gasteiger partial charge is 0.494 e. The first-order valence-corrected chi connectivity index (χ1v) is 7.22. The summed E-state index contributed by atoms with van der Waals surface area (Å²) in [5.41, 5.74) is 7.26. The molecule has 1 aromatic carbocycles. The molecule has 3 unspecified atom stereocenters. The van der Waals surface area contributed by atoms with Crippen molar-refractivity contribution >= 4 is 0 Å². The van der Waals surface area contributed by atoms with Crippen molar-refractivity contribution in [2.75, 3.05) is 7.11 Å². The van der Waals surface area contributed by atoms with Gasteiger partial charge in [-0.3, -0.25) is 0 Å². The predicted molar refractivity (Wildman–Crippen MR) is 75.8 cm³/mol. The molecule has 0 aromatic heterocycles. The molecule has 0 amide bonds. The van der Waals surface area contributed by atoms with E-state index in [0.717, 1.165) is 17.9 Å². The normalized spacial score (nSPS) is 24.4. The number of benzene rings is 1. The maximum Gasteiger partial charge on any atom is 0.165 e. The minimum absolute atomic E-state index is 0.143. The molecule has 0 spiro atoms. The van der Waals surface area contributed by atoms with Gasteiger partial charge >= 0.3 is 0 Å². The maximum absolute atomic E-state index is 13.6. The average Bonchev–Trinajstić information content (AvgIpc) is 2.88. The Labute approximate surface area is 115 Å². The summed E-state index contributed by atoms with van der Waals surface area (Å²) in [6, 6.07) is 5.28. The second-order valence-electron chi connectivity index (χ2n) is 5.68. The topological polar surface area (TPSA) is 35.2 Å². The van der Waals surface area contributed by atoms with Crippen molar-refractivity contribution in [3.63, 3.8) is 0 Å². The fourth-order valence-corrected chi connectivity index (χ4v) is 3.15. The zero-order chi connectivity index (χ0) is 13.8. The first kappa shape index (κ1) is 14.3. The van der Waals surface area contributed by atoms with Crippen LogP contribution in [0.4, 0.5) is 4.39 Å². The van der Waals surface area contributed by atoms with E-state index in [4.69, 9.17) is 10.5 Å². The van der Waals surface area contributed by atoms with Crippen LogP contribution in [-0.4, -0.2) is 13.2 Å². The first-order valence-electron chi connectivity index (χ1n) is 7.22. The van der Waals surface area contributed by atoms with E-state index in [1.165, 1.54) is 32.8 Å². The summed E-state index contributed by atoms with van der Waals surface area (Å²) >= 11 is 0. The SMILES string of the molecule is CCC1CCC(C(N)Cc2ccc(OC)c(F)c2)C1. The molecular weight excluding hydrogens is 241 g/mol. The summed E-state index contributed by atoms with van der Waals surface area (Å²) in [7, 11) is 1.48. The van der Waals surface area contributed by atoms with Gasteiger partial charge in [0.25, 0.3) is 0 Å². The molecule has 1 fully saturated rings. The lowest BCUT2D eigenvalue weighted by atomic mass is 9.91. The Morgan fingerprint density at radius 2 is 2.21 bits per heavy atom. The van der Waals surface area contributed by atoms with Gasteiger partial charge in [-0.1, -0.05) is 25.8 Å². The summed E-state index contributed by atoms with van der Waals surface area (Å²) < 4.78 is 18.6. The Morgan fingerprint density at radius 1 is 1.42 bits per heavy atom. The van der Waals surface area contributed by atoms with Crippen molar-refractivity contribution < 1.29 is 9.13 Å². The molecule has 1 saturated carbocycles. The van der Waals surface area contributed by atoms with Gasteiger partial charge in [0, 0.05) is 6.04 Å². The van der Waals surface area contributed by atoms with Crippen LogP contribution in [0, 0.1) is 17.7 Å². The molecule has 19 heavy (non-hydrogen) atoms. The fraction of sp³-hybridized carbons (Fsp3) is 0.625. The van der Waals surface area contributed by atoms with Crippen LogP contribution in [0.25, 0.3) is 0 Å². The Hall–Kier alpha value is -1.09. The van der Waals surface area contributed by atoms with Gasteiger partial charge in [-0.25, -0.2) is 4.39 Å². The van der Waals surface area contributed by atoms with Gasteiger partial charge < -0.3 is 10.5 Å². The van der Waals surface area contributed by atoms with Gasteiger partial charge in [-0.05, 0) is 48.8 Å². The molecule has 2 nitrogen and oxygen atoms in total. The first-order chi connectivity index (χ1) is 9.13. The average molecular weight is 265 g/mol. The van der Waals surface area contributed by atoms with Crippen LogP contribution in [-0.2, 0) is 6.42 Å². The van der Waals surface area contributed by atoms with E-state index < -0.39 is 0 Å². The van der Waals surface area contributed by atoms with E-state index >= 15 is 0 Å². The molecule has 106 valence electrons. The Kier molecular flexibility index (Phi) is 4.81. The summed E-state index contributed by atoms with van der Waals surface area (Å²) in [4.78, 5) is 0. The standard InChI is InChI=1S/C16H24FNO/c1-3-11-4-6-13(8-11)15(18)10-12-5-7-16(19-2)14(17)9-12/h5,7,9,11,13,15H,3-4,6,8,10,18H2,1-2H3. The highest BCUT2D eigenvalue weighted by molar-refractivity contribution is 5.29. The Morgan fingerprint density at radius 3 is 2.79 bits per heavy atom. The number of hydrogen-bond acceptors (Lipinski definition) is 2. The molecule has 1 aliphatic carbocycles. The van der Waals surface area contributed by atoms with Gasteiger partial charge in [0.05, 0.1) is 7.11 Å². The third-order valence-corrected chi connectivity index (χ3v) is 4.45. The lowest BCUT2D eigenvalue weighted by Gasteiger charge is -2.19. The molecule has 2 rings (SSSR count). The molecule has 1 aliphatic rings. The highest BCUT2D eigenvalue weighted by Gasteiger charge is 2.28. The van der Waals surface area contributed by atoms with Crippen LogP contribution in [0.3, 0.4) is 0 Å². The zero-order valence-electron chi connectivity index (χ0n) is 11.9. The zero-order valence-corrected chi connectivity index (χ0v) is 11.9. The number of nitrogens with two attached hydrogens (primary N) is 1. The lowest BCUT2D eigenvalue weighted by molar-refractivity contribution is 0.384.